The van der Waals surface area contributed by atoms with Crippen molar-refractivity contribution in [3.63, 3.8) is 0 Å². The smallest absolute Gasteiger partial charge is 0.290 e. The molecule has 2 heterocycles. The Bertz CT molecular complexity index is 1190. The molecule has 2 aromatic carbocycles. The number of anilines is 1. The van der Waals surface area contributed by atoms with E-state index >= 15 is 0 Å². The second-order valence-corrected chi connectivity index (χ2v) is 8.92. The SMILES string of the molecule is COc1ccc(CCN(C(=O)c2ccco2)C2CC(=O)N(c3ccc(I)cc3)C2=O)cc1OC. The number of halogens is 1. The van der Waals surface area contributed by atoms with E-state index in [1.807, 2.05) is 24.3 Å². The molecule has 1 atom stereocenters. The lowest BCUT2D eigenvalue weighted by molar-refractivity contribution is -0.122. The fourth-order valence-corrected chi connectivity index (χ4v) is 4.31. The minimum atomic E-state index is -0.926. The van der Waals surface area contributed by atoms with Crippen LogP contribution in [0, 0.1) is 3.57 Å². The molecule has 1 fully saturated rings. The number of amides is 3. The molecule has 1 saturated heterocycles. The predicted molar refractivity (Wildman–Crippen MR) is 133 cm³/mol. The molecule has 8 nitrogen and oxygen atoms in total. The van der Waals surface area contributed by atoms with Crippen LogP contribution in [0.4, 0.5) is 5.69 Å². The highest BCUT2D eigenvalue weighted by Gasteiger charge is 2.44. The van der Waals surface area contributed by atoms with Crippen LogP contribution in [0.2, 0.25) is 0 Å². The summed E-state index contributed by atoms with van der Waals surface area (Å²) in [4.78, 5) is 42.0. The molecule has 0 aliphatic carbocycles. The summed E-state index contributed by atoms with van der Waals surface area (Å²) >= 11 is 2.16. The number of carbonyl (C=O) groups excluding carboxylic acids is 3. The monoisotopic (exact) mass is 574 g/mol. The highest BCUT2D eigenvalue weighted by atomic mass is 127. The Morgan fingerprint density at radius 3 is 2.47 bits per heavy atom. The number of hydrogen-bond donors (Lipinski definition) is 0. The molecule has 4 rings (SSSR count). The van der Waals surface area contributed by atoms with Crippen LogP contribution in [0.15, 0.2) is 65.3 Å². The molecule has 1 aliphatic heterocycles. The van der Waals surface area contributed by atoms with Crippen LogP contribution in [0.3, 0.4) is 0 Å². The molecule has 1 aliphatic rings. The Hall–Kier alpha value is -3.34. The lowest BCUT2D eigenvalue weighted by Crippen LogP contribution is -2.46. The van der Waals surface area contributed by atoms with E-state index in [0.717, 1.165) is 14.0 Å². The number of hydrogen-bond acceptors (Lipinski definition) is 6. The van der Waals surface area contributed by atoms with Gasteiger partial charge in [-0.05, 0) is 83.1 Å². The van der Waals surface area contributed by atoms with Crippen LogP contribution in [-0.2, 0) is 16.0 Å². The van der Waals surface area contributed by atoms with Gasteiger partial charge in [0.15, 0.2) is 17.3 Å². The molecule has 3 amide bonds. The summed E-state index contributed by atoms with van der Waals surface area (Å²) in [7, 11) is 3.11. The Labute approximate surface area is 210 Å². The molecular formula is C25H23IN2O6. The van der Waals surface area contributed by atoms with Crippen molar-refractivity contribution in [2.24, 2.45) is 0 Å². The fourth-order valence-electron chi connectivity index (χ4n) is 3.95. The Morgan fingerprint density at radius 1 is 1.09 bits per heavy atom. The predicted octanol–water partition coefficient (Wildman–Crippen LogP) is 3.92. The average molecular weight is 574 g/mol. The number of ether oxygens (including phenoxy) is 2. The van der Waals surface area contributed by atoms with Crippen molar-refractivity contribution in [2.75, 3.05) is 25.7 Å². The van der Waals surface area contributed by atoms with E-state index in [0.29, 0.717) is 23.6 Å². The van der Waals surface area contributed by atoms with Gasteiger partial charge in [0.1, 0.15) is 6.04 Å². The molecule has 1 unspecified atom stereocenters. The van der Waals surface area contributed by atoms with Gasteiger partial charge in [-0.1, -0.05) is 6.07 Å². The Morgan fingerprint density at radius 2 is 1.82 bits per heavy atom. The highest BCUT2D eigenvalue weighted by molar-refractivity contribution is 14.1. The van der Waals surface area contributed by atoms with Crippen molar-refractivity contribution in [2.45, 2.75) is 18.9 Å². The molecule has 1 aromatic heterocycles. The lowest BCUT2D eigenvalue weighted by atomic mass is 10.1. The zero-order valence-electron chi connectivity index (χ0n) is 18.7. The van der Waals surface area contributed by atoms with E-state index in [1.54, 1.807) is 44.6 Å². The second kappa shape index (κ2) is 10.3. The quantitative estimate of drug-likeness (QED) is 0.300. The van der Waals surface area contributed by atoms with Crippen LogP contribution < -0.4 is 14.4 Å². The standard InChI is InChI=1S/C25H23IN2O6/c1-32-20-10-5-16(14-22(20)33-2)11-12-27(25(31)21-4-3-13-34-21)19-15-23(29)28(24(19)30)18-8-6-17(26)7-9-18/h3-10,13-14,19H,11-12,15H2,1-2H3. The van der Waals surface area contributed by atoms with Gasteiger partial charge in [0.05, 0.1) is 32.6 Å². The van der Waals surface area contributed by atoms with Gasteiger partial charge in [-0.2, -0.15) is 0 Å². The first-order valence-electron chi connectivity index (χ1n) is 10.6. The summed E-state index contributed by atoms with van der Waals surface area (Å²) in [6.07, 6.45) is 1.75. The van der Waals surface area contributed by atoms with Crippen LogP contribution in [0.5, 0.6) is 11.5 Å². The topological polar surface area (TPSA) is 89.3 Å². The second-order valence-electron chi connectivity index (χ2n) is 7.68. The molecule has 0 bridgehead atoms. The van der Waals surface area contributed by atoms with Crippen molar-refractivity contribution in [1.82, 2.24) is 4.90 Å². The van der Waals surface area contributed by atoms with Gasteiger partial charge in [-0.25, -0.2) is 4.90 Å². The average Bonchev–Trinajstić information content (AvgIpc) is 3.48. The van der Waals surface area contributed by atoms with Gasteiger partial charge in [-0.15, -0.1) is 0 Å². The van der Waals surface area contributed by atoms with Crippen molar-refractivity contribution in [1.29, 1.82) is 0 Å². The first-order chi connectivity index (χ1) is 16.4. The number of rotatable bonds is 8. The molecule has 0 spiro atoms. The molecular weight excluding hydrogens is 551 g/mol. The lowest BCUT2D eigenvalue weighted by Gasteiger charge is -2.27. The van der Waals surface area contributed by atoms with E-state index in [-0.39, 0.29) is 24.6 Å². The number of imide groups is 1. The number of carbonyl (C=O) groups is 3. The van der Waals surface area contributed by atoms with Gasteiger partial charge >= 0.3 is 0 Å². The molecule has 9 heteroatoms. The third-order valence-corrected chi connectivity index (χ3v) is 6.39. The number of methoxy groups -OCH3 is 2. The number of benzene rings is 2. The summed E-state index contributed by atoms with van der Waals surface area (Å²) < 4.78 is 16.9. The largest absolute Gasteiger partial charge is 0.493 e. The summed E-state index contributed by atoms with van der Waals surface area (Å²) in [5.41, 5.74) is 1.38. The maximum absolute atomic E-state index is 13.4. The van der Waals surface area contributed by atoms with Crippen molar-refractivity contribution >= 4 is 46.0 Å². The maximum atomic E-state index is 13.4. The zero-order valence-corrected chi connectivity index (χ0v) is 20.9. The Balaban J connectivity index is 1.60. The van der Waals surface area contributed by atoms with E-state index < -0.39 is 17.9 Å². The van der Waals surface area contributed by atoms with Gasteiger partial charge in [0.2, 0.25) is 5.91 Å². The minimum Gasteiger partial charge on any atom is -0.493 e. The first-order valence-corrected chi connectivity index (χ1v) is 11.7. The fraction of sp³-hybridized carbons (Fsp3) is 0.240. The van der Waals surface area contributed by atoms with Gasteiger partial charge < -0.3 is 18.8 Å². The molecule has 34 heavy (non-hydrogen) atoms. The normalized spacial score (nSPS) is 15.5. The van der Waals surface area contributed by atoms with Gasteiger partial charge in [-0.3, -0.25) is 14.4 Å². The molecule has 3 aromatic rings. The third-order valence-electron chi connectivity index (χ3n) is 5.67. The van der Waals surface area contributed by atoms with Crippen LogP contribution >= 0.6 is 22.6 Å². The van der Waals surface area contributed by atoms with Gasteiger partial charge in [0, 0.05) is 10.1 Å². The van der Waals surface area contributed by atoms with E-state index in [4.69, 9.17) is 13.9 Å². The summed E-state index contributed by atoms with van der Waals surface area (Å²) in [6, 6.07) is 14.8. The Kier molecular flexibility index (Phi) is 7.20. The van der Waals surface area contributed by atoms with E-state index in [1.165, 1.54) is 11.2 Å². The molecule has 176 valence electrons. The van der Waals surface area contributed by atoms with Crippen LogP contribution in [-0.4, -0.2) is 49.4 Å². The van der Waals surface area contributed by atoms with E-state index in [9.17, 15) is 14.4 Å². The molecule has 0 radical (unpaired) electrons. The maximum Gasteiger partial charge on any atom is 0.290 e. The van der Waals surface area contributed by atoms with Crippen molar-refractivity contribution < 1.29 is 28.3 Å². The number of furan rings is 1. The highest BCUT2D eigenvalue weighted by Crippen LogP contribution is 2.30. The minimum absolute atomic E-state index is 0.0940. The third kappa shape index (κ3) is 4.79. The van der Waals surface area contributed by atoms with Crippen LogP contribution in [0.25, 0.3) is 0 Å². The van der Waals surface area contributed by atoms with Crippen LogP contribution in [0.1, 0.15) is 22.5 Å². The van der Waals surface area contributed by atoms with E-state index in [2.05, 4.69) is 22.6 Å². The number of nitrogens with zero attached hydrogens (tertiary/aromatic N) is 2. The zero-order chi connectivity index (χ0) is 24.2. The van der Waals surface area contributed by atoms with Gasteiger partial charge in [0.25, 0.3) is 11.8 Å². The van der Waals surface area contributed by atoms with Crippen molar-refractivity contribution in [3.05, 3.63) is 75.8 Å². The molecule has 0 saturated carbocycles. The van der Waals surface area contributed by atoms with Crippen molar-refractivity contribution in [3.8, 4) is 11.5 Å². The first kappa shape index (κ1) is 23.8. The summed E-state index contributed by atoms with van der Waals surface area (Å²) in [5, 5.41) is 0. The summed E-state index contributed by atoms with van der Waals surface area (Å²) in [5.74, 6) is 0.0553. The molecule has 0 N–H and O–H groups in total. The summed E-state index contributed by atoms with van der Waals surface area (Å²) in [6.45, 7) is 0.208.